The molecule has 1 aromatic heterocycles. The van der Waals surface area contributed by atoms with Crippen molar-refractivity contribution in [2.45, 2.75) is 6.92 Å². The van der Waals surface area contributed by atoms with E-state index < -0.39 is 0 Å². The molecular weight excluding hydrogens is 456 g/mol. The molecule has 9 nitrogen and oxygen atoms in total. The predicted octanol–water partition coefficient (Wildman–Crippen LogP) is 4.38. The van der Waals surface area contributed by atoms with Crippen molar-refractivity contribution in [2.24, 2.45) is 0 Å². The van der Waals surface area contributed by atoms with E-state index in [1.54, 1.807) is 31.4 Å². The maximum Gasteiger partial charge on any atom is 0.243 e. The van der Waals surface area contributed by atoms with Crippen molar-refractivity contribution in [1.29, 1.82) is 0 Å². The minimum absolute atomic E-state index is 0.157. The van der Waals surface area contributed by atoms with Crippen LogP contribution in [0.1, 0.15) is 6.92 Å². The SMILES string of the molecule is COc1cc(N2CCN(C)CC2)ccc1Nc1ncc(Cl)c(Oc2ccccc2NC(C)=O)n1. The molecular formula is C24H27ClN6O3. The number of anilines is 4. The van der Waals surface area contributed by atoms with Crippen LogP contribution in [0.2, 0.25) is 5.02 Å². The second-order valence-corrected chi connectivity index (χ2v) is 8.33. The topological polar surface area (TPSA) is 91.9 Å². The summed E-state index contributed by atoms with van der Waals surface area (Å²) in [7, 11) is 3.76. The quantitative estimate of drug-likeness (QED) is 0.512. The molecule has 0 radical (unpaired) electrons. The fourth-order valence-corrected chi connectivity index (χ4v) is 3.73. The molecule has 1 amide bonds. The van der Waals surface area contributed by atoms with E-state index in [4.69, 9.17) is 21.1 Å². The number of nitrogens with one attached hydrogen (secondary N) is 2. The molecule has 0 aliphatic carbocycles. The lowest BCUT2D eigenvalue weighted by atomic mass is 10.2. The van der Waals surface area contributed by atoms with Crippen molar-refractivity contribution < 1.29 is 14.3 Å². The summed E-state index contributed by atoms with van der Waals surface area (Å²) in [6.07, 6.45) is 1.46. The third kappa shape index (κ3) is 5.67. The van der Waals surface area contributed by atoms with Crippen molar-refractivity contribution in [1.82, 2.24) is 14.9 Å². The maximum atomic E-state index is 11.5. The van der Waals surface area contributed by atoms with Crippen LogP contribution in [-0.4, -0.2) is 61.1 Å². The molecule has 0 unspecified atom stereocenters. The van der Waals surface area contributed by atoms with E-state index in [1.807, 2.05) is 18.2 Å². The predicted molar refractivity (Wildman–Crippen MR) is 134 cm³/mol. The Bertz CT molecular complexity index is 1170. The molecule has 1 aliphatic heterocycles. The van der Waals surface area contributed by atoms with E-state index in [9.17, 15) is 4.79 Å². The summed E-state index contributed by atoms with van der Waals surface area (Å²) >= 11 is 6.28. The van der Waals surface area contributed by atoms with Gasteiger partial charge in [-0.25, -0.2) is 4.98 Å². The zero-order valence-corrected chi connectivity index (χ0v) is 20.1. The minimum atomic E-state index is -0.209. The lowest BCUT2D eigenvalue weighted by molar-refractivity contribution is -0.114. The molecule has 1 aliphatic rings. The number of aromatic nitrogens is 2. The fourth-order valence-electron chi connectivity index (χ4n) is 3.60. The normalized spacial score (nSPS) is 13.9. The zero-order valence-electron chi connectivity index (χ0n) is 19.3. The highest BCUT2D eigenvalue weighted by atomic mass is 35.5. The van der Waals surface area contributed by atoms with Gasteiger partial charge in [-0.15, -0.1) is 0 Å². The van der Waals surface area contributed by atoms with Crippen molar-refractivity contribution in [2.75, 3.05) is 55.9 Å². The van der Waals surface area contributed by atoms with Crippen LogP contribution >= 0.6 is 11.6 Å². The fraction of sp³-hybridized carbons (Fsp3) is 0.292. The monoisotopic (exact) mass is 482 g/mol. The molecule has 2 heterocycles. The van der Waals surface area contributed by atoms with Gasteiger partial charge in [-0.1, -0.05) is 23.7 Å². The number of carbonyl (C=O) groups is 1. The minimum Gasteiger partial charge on any atom is -0.494 e. The van der Waals surface area contributed by atoms with Crippen LogP contribution in [0, 0.1) is 0 Å². The Labute approximate surface area is 203 Å². The van der Waals surface area contributed by atoms with Gasteiger partial charge in [0.15, 0.2) is 5.75 Å². The van der Waals surface area contributed by atoms with E-state index >= 15 is 0 Å². The van der Waals surface area contributed by atoms with Gasteiger partial charge in [0.25, 0.3) is 0 Å². The average Bonchev–Trinajstić information content (AvgIpc) is 2.83. The Morgan fingerprint density at radius 1 is 1.06 bits per heavy atom. The van der Waals surface area contributed by atoms with E-state index in [1.165, 1.54) is 13.1 Å². The number of ether oxygens (including phenoxy) is 2. The highest BCUT2D eigenvalue weighted by molar-refractivity contribution is 6.31. The second kappa shape index (κ2) is 10.6. The lowest BCUT2D eigenvalue weighted by Crippen LogP contribution is -2.44. The molecule has 0 bridgehead atoms. The number of nitrogens with zero attached hydrogens (tertiary/aromatic N) is 4. The van der Waals surface area contributed by atoms with Gasteiger partial charge in [0.1, 0.15) is 10.8 Å². The highest BCUT2D eigenvalue weighted by Gasteiger charge is 2.17. The van der Waals surface area contributed by atoms with Crippen molar-refractivity contribution in [3.8, 4) is 17.4 Å². The van der Waals surface area contributed by atoms with E-state index in [0.29, 0.717) is 28.8 Å². The first-order chi connectivity index (χ1) is 16.4. The summed E-state index contributed by atoms with van der Waals surface area (Å²) in [6, 6.07) is 13.0. The molecule has 2 aromatic carbocycles. The Hall–Kier alpha value is -3.56. The number of piperazine rings is 1. The number of hydrogen-bond donors (Lipinski definition) is 2. The van der Waals surface area contributed by atoms with Crippen LogP contribution in [0.4, 0.5) is 23.0 Å². The number of carbonyl (C=O) groups excluding carboxylic acids is 1. The molecule has 2 N–H and O–H groups in total. The molecule has 1 saturated heterocycles. The maximum absolute atomic E-state index is 11.5. The van der Waals surface area contributed by atoms with Crippen molar-refractivity contribution >= 4 is 40.5 Å². The van der Waals surface area contributed by atoms with Crippen LogP contribution in [0.15, 0.2) is 48.7 Å². The molecule has 4 rings (SSSR count). The van der Waals surface area contributed by atoms with Crippen LogP contribution in [0.25, 0.3) is 0 Å². The van der Waals surface area contributed by atoms with Gasteiger partial charge in [0, 0.05) is 44.9 Å². The first kappa shape index (κ1) is 23.6. The molecule has 10 heteroatoms. The highest BCUT2D eigenvalue weighted by Crippen LogP contribution is 2.35. The van der Waals surface area contributed by atoms with Gasteiger partial charge < -0.3 is 29.9 Å². The van der Waals surface area contributed by atoms with Crippen LogP contribution < -0.4 is 25.0 Å². The third-order valence-electron chi connectivity index (χ3n) is 5.42. The van der Waals surface area contributed by atoms with Crippen LogP contribution in [-0.2, 0) is 4.79 Å². The number of amides is 1. The number of benzene rings is 2. The van der Waals surface area contributed by atoms with Crippen LogP contribution in [0.3, 0.4) is 0 Å². The smallest absolute Gasteiger partial charge is 0.243 e. The van der Waals surface area contributed by atoms with Gasteiger partial charge in [0.2, 0.25) is 17.7 Å². The van der Waals surface area contributed by atoms with Gasteiger partial charge in [-0.3, -0.25) is 4.79 Å². The second-order valence-electron chi connectivity index (χ2n) is 7.93. The van der Waals surface area contributed by atoms with E-state index in [-0.39, 0.29) is 16.8 Å². The van der Waals surface area contributed by atoms with Crippen molar-refractivity contribution in [3.63, 3.8) is 0 Å². The average molecular weight is 483 g/mol. The Kier molecular flexibility index (Phi) is 7.34. The number of likely N-dealkylation sites (N-methyl/N-ethyl adjacent to an activating group) is 1. The first-order valence-electron chi connectivity index (χ1n) is 10.9. The summed E-state index contributed by atoms with van der Waals surface area (Å²) < 4.78 is 11.5. The lowest BCUT2D eigenvalue weighted by Gasteiger charge is -2.34. The Morgan fingerprint density at radius 2 is 1.82 bits per heavy atom. The standard InChI is InChI=1S/C24H27ClN6O3/c1-16(32)27-19-6-4-5-7-21(19)34-23-18(25)15-26-24(29-23)28-20-9-8-17(14-22(20)33-3)31-12-10-30(2)11-13-31/h4-9,14-15H,10-13H2,1-3H3,(H,27,32)(H,26,28,29). The van der Waals surface area contributed by atoms with Crippen molar-refractivity contribution in [3.05, 3.63) is 53.7 Å². The van der Waals surface area contributed by atoms with Crippen LogP contribution in [0.5, 0.6) is 17.4 Å². The van der Waals surface area contributed by atoms with Gasteiger partial charge in [0.05, 0.1) is 24.7 Å². The Morgan fingerprint density at radius 3 is 2.56 bits per heavy atom. The van der Waals surface area contributed by atoms with Gasteiger partial charge in [-0.2, -0.15) is 4.98 Å². The van der Waals surface area contributed by atoms with Gasteiger partial charge in [-0.05, 0) is 31.3 Å². The van der Waals surface area contributed by atoms with E-state index in [0.717, 1.165) is 31.9 Å². The molecule has 0 spiro atoms. The summed E-state index contributed by atoms with van der Waals surface area (Å²) in [5, 5.41) is 6.14. The summed E-state index contributed by atoms with van der Waals surface area (Å²) in [5.74, 6) is 1.33. The first-order valence-corrected chi connectivity index (χ1v) is 11.3. The third-order valence-corrected chi connectivity index (χ3v) is 5.68. The number of hydrogen-bond acceptors (Lipinski definition) is 8. The summed E-state index contributed by atoms with van der Waals surface area (Å²) in [5.41, 5.74) is 2.33. The van der Waals surface area contributed by atoms with E-state index in [2.05, 4.69) is 37.4 Å². The molecule has 0 saturated carbocycles. The summed E-state index contributed by atoms with van der Waals surface area (Å²) in [4.78, 5) is 24.8. The number of methoxy groups -OCH3 is 1. The molecule has 178 valence electrons. The zero-order chi connectivity index (χ0) is 24.1. The Balaban J connectivity index is 1.54. The molecule has 3 aromatic rings. The number of para-hydroxylation sites is 2. The molecule has 0 atom stereocenters. The largest absolute Gasteiger partial charge is 0.494 e. The summed E-state index contributed by atoms with van der Waals surface area (Å²) in [6.45, 7) is 5.41. The molecule has 1 fully saturated rings. The number of rotatable bonds is 7. The van der Waals surface area contributed by atoms with Gasteiger partial charge >= 0.3 is 0 Å². The molecule has 34 heavy (non-hydrogen) atoms. The number of halogens is 1.